The van der Waals surface area contributed by atoms with E-state index in [-0.39, 0.29) is 5.95 Å². The Morgan fingerprint density at radius 1 is 1.64 bits per heavy atom. The number of anilines is 2. The molecule has 0 spiro atoms. The summed E-state index contributed by atoms with van der Waals surface area (Å²) >= 11 is 5.71. The number of aliphatic hydroxyl groups is 1. The van der Waals surface area contributed by atoms with Gasteiger partial charge >= 0.3 is 0 Å². The van der Waals surface area contributed by atoms with Gasteiger partial charge in [0, 0.05) is 19.7 Å². The molecule has 0 aliphatic rings. The highest BCUT2D eigenvalue weighted by Crippen LogP contribution is 2.15. The van der Waals surface area contributed by atoms with Crippen molar-refractivity contribution in [1.29, 1.82) is 0 Å². The van der Waals surface area contributed by atoms with E-state index in [4.69, 9.17) is 17.3 Å². The molecule has 1 atom stereocenters. The lowest BCUT2D eigenvalue weighted by Gasteiger charge is -2.19. The Bertz CT molecular complexity index is 298. The monoisotopic (exact) mass is 216 g/mol. The minimum atomic E-state index is -0.435. The van der Waals surface area contributed by atoms with Crippen molar-refractivity contribution in [3.63, 3.8) is 0 Å². The van der Waals surface area contributed by atoms with E-state index in [1.807, 2.05) is 0 Å². The Hall–Kier alpha value is -1.07. The van der Waals surface area contributed by atoms with Crippen LogP contribution in [-0.2, 0) is 0 Å². The lowest BCUT2D eigenvalue weighted by Crippen LogP contribution is -2.27. The van der Waals surface area contributed by atoms with E-state index in [9.17, 15) is 5.11 Å². The SMILES string of the molecule is CC(O)CN(C)c1cc(Cl)nc(N)n1. The van der Waals surface area contributed by atoms with Crippen molar-refractivity contribution < 1.29 is 5.11 Å². The summed E-state index contributed by atoms with van der Waals surface area (Å²) in [6.45, 7) is 2.16. The van der Waals surface area contributed by atoms with Gasteiger partial charge in [0.1, 0.15) is 11.0 Å². The molecule has 0 fully saturated rings. The molecule has 1 unspecified atom stereocenters. The van der Waals surface area contributed by atoms with E-state index in [0.717, 1.165) is 0 Å². The highest BCUT2D eigenvalue weighted by molar-refractivity contribution is 6.29. The third-order valence-corrected chi connectivity index (χ3v) is 1.82. The van der Waals surface area contributed by atoms with Crippen molar-refractivity contribution in [2.45, 2.75) is 13.0 Å². The van der Waals surface area contributed by atoms with Gasteiger partial charge in [-0.25, -0.2) is 4.98 Å². The summed E-state index contributed by atoms with van der Waals surface area (Å²) < 4.78 is 0. The summed E-state index contributed by atoms with van der Waals surface area (Å²) in [5.41, 5.74) is 5.43. The van der Waals surface area contributed by atoms with Gasteiger partial charge in [0.2, 0.25) is 5.95 Å². The number of aromatic nitrogens is 2. The Kier molecular flexibility index (Phi) is 3.49. The minimum Gasteiger partial charge on any atom is -0.392 e. The van der Waals surface area contributed by atoms with Crippen molar-refractivity contribution in [3.05, 3.63) is 11.2 Å². The first kappa shape index (κ1) is 11.0. The lowest BCUT2D eigenvalue weighted by molar-refractivity contribution is 0.201. The molecule has 14 heavy (non-hydrogen) atoms. The van der Waals surface area contributed by atoms with Gasteiger partial charge in [0.05, 0.1) is 6.10 Å². The highest BCUT2D eigenvalue weighted by atomic mass is 35.5. The molecule has 78 valence electrons. The fourth-order valence-electron chi connectivity index (χ4n) is 1.11. The Balaban J connectivity index is 2.84. The molecule has 0 aliphatic carbocycles. The number of hydrogen-bond donors (Lipinski definition) is 2. The van der Waals surface area contributed by atoms with Gasteiger partial charge in [-0.2, -0.15) is 4.98 Å². The smallest absolute Gasteiger partial charge is 0.223 e. The molecule has 6 heteroatoms. The van der Waals surface area contributed by atoms with Crippen molar-refractivity contribution in [2.75, 3.05) is 24.2 Å². The van der Waals surface area contributed by atoms with Gasteiger partial charge in [0.25, 0.3) is 0 Å². The van der Waals surface area contributed by atoms with Crippen molar-refractivity contribution in [1.82, 2.24) is 9.97 Å². The second-order valence-electron chi connectivity index (χ2n) is 3.14. The van der Waals surface area contributed by atoms with Crippen molar-refractivity contribution in [3.8, 4) is 0 Å². The average Bonchev–Trinajstić information content (AvgIpc) is 2.00. The van der Waals surface area contributed by atoms with Crippen LogP contribution in [0.3, 0.4) is 0 Å². The third-order valence-electron chi connectivity index (χ3n) is 1.63. The summed E-state index contributed by atoms with van der Waals surface area (Å²) in [5.74, 6) is 0.730. The highest BCUT2D eigenvalue weighted by Gasteiger charge is 2.07. The standard InChI is InChI=1S/C8H13ClN4O/c1-5(14)4-13(2)7-3-6(9)11-8(10)12-7/h3,5,14H,4H2,1-2H3,(H2,10,11,12). The lowest BCUT2D eigenvalue weighted by atomic mass is 10.4. The molecule has 0 saturated heterocycles. The second kappa shape index (κ2) is 4.43. The first-order valence-corrected chi connectivity index (χ1v) is 4.56. The van der Waals surface area contributed by atoms with E-state index in [1.54, 1.807) is 24.9 Å². The molecule has 1 aromatic heterocycles. The molecule has 1 aromatic rings. The number of nitrogens with zero attached hydrogens (tertiary/aromatic N) is 3. The maximum Gasteiger partial charge on any atom is 0.223 e. The molecule has 1 heterocycles. The second-order valence-corrected chi connectivity index (χ2v) is 3.52. The van der Waals surface area contributed by atoms with Crippen LogP contribution < -0.4 is 10.6 Å². The zero-order valence-corrected chi connectivity index (χ0v) is 8.86. The summed E-state index contributed by atoms with van der Waals surface area (Å²) in [6.07, 6.45) is -0.435. The molecule has 1 rings (SSSR count). The maximum atomic E-state index is 9.17. The van der Waals surface area contributed by atoms with Crippen LogP contribution in [0.25, 0.3) is 0 Å². The molecule has 0 amide bonds. The topological polar surface area (TPSA) is 75.3 Å². The predicted octanol–water partition coefficient (Wildman–Crippen LogP) is 0.529. The zero-order chi connectivity index (χ0) is 10.7. The molecule has 5 nitrogen and oxygen atoms in total. The van der Waals surface area contributed by atoms with Gasteiger partial charge in [-0.1, -0.05) is 11.6 Å². The Morgan fingerprint density at radius 3 is 2.79 bits per heavy atom. The summed E-state index contributed by atoms with van der Waals surface area (Å²) in [4.78, 5) is 9.48. The van der Waals surface area contributed by atoms with E-state index < -0.39 is 6.10 Å². The summed E-state index contributed by atoms with van der Waals surface area (Å²) in [5, 5.41) is 9.47. The Morgan fingerprint density at radius 2 is 2.29 bits per heavy atom. The molecular weight excluding hydrogens is 204 g/mol. The molecule has 0 saturated carbocycles. The number of hydrogen-bond acceptors (Lipinski definition) is 5. The van der Waals surface area contributed by atoms with Crippen LogP contribution in [0.15, 0.2) is 6.07 Å². The van der Waals surface area contributed by atoms with Gasteiger partial charge < -0.3 is 15.7 Å². The number of aliphatic hydroxyl groups excluding tert-OH is 1. The van der Waals surface area contributed by atoms with Crippen LogP contribution >= 0.6 is 11.6 Å². The summed E-state index contributed by atoms with van der Waals surface area (Å²) in [7, 11) is 1.80. The van der Waals surface area contributed by atoms with E-state index in [2.05, 4.69) is 9.97 Å². The quantitative estimate of drug-likeness (QED) is 0.721. The van der Waals surface area contributed by atoms with Gasteiger partial charge in [-0.3, -0.25) is 0 Å². The normalized spacial score (nSPS) is 12.6. The van der Waals surface area contributed by atoms with E-state index in [0.29, 0.717) is 17.5 Å². The number of nitrogens with two attached hydrogens (primary N) is 1. The molecule has 0 aliphatic heterocycles. The number of likely N-dealkylation sites (N-methyl/N-ethyl adjacent to an activating group) is 1. The van der Waals surface area contributed by atoms with Crippen LogP contribution in [0.4, 0.5) is 11.8 Å². The molecular formula is C8H13ClN4O. The largest absolute Gasteiger partial charge is 0.392 e. The van der Waals surface area contributed by atoms with Crippen LogP contribution in [0.2, 0.25) is 5.15 Å². The third kappa shape index (κ3) is 3.01. The fourth-order valence-corrected chi connectivity index (χ4v) is 1.29. The van der Waals surface area contributed by atoms with Crippen molar-refractivity contribution >= 4 is 23.4 Å². The fraction of sp³-hybridized carbons (Fsp3) is 0.500. The Labute approximate surface area is 87.5 Å². The number of halogens is 1. The molecule has 0 radical (unpaired) electrons. The zero-order valence-electron chi connectivity index (χ0n) is 8.11. The molecule has 0 bridgehead atoms. The van der Waals surface area contributed by atoms with Crippen LogP contribution in [0, 0.1) is 0 Å². The number of nitrogen functional groups attached to an aromatic ring is 1. The van der Waals surface area contributed by atoms with E-state index >= 15 is 0 Å². The van der Waals surface area contributed by atoms with Crippen LogP contribution in [0.5, 0.6) is 0 Å². The van der Waals surface area contributed by atoms with Crippen LogP contribution in [-0.4, -0.2) is 34.8 Å². The van der Waals surface area contributed by atoms with Gasteiger partial charge in [0.15, 0.2) is 0 Å². The molecule has 3 N–H and O–H groups in total. The average molecular weight is 217 g/mol. The van der Waals surface area contributed by atoms with Crippen molar-refractivity contribution in [2.24, 2.45) is 0 Å². The predicted molar refractivity (Wildman–Crippen MR) is 56.4 cm³/mol. The first-order chi connectivity index (χ1) is 6.49. The van der Waals surface area contributed by atoms with E-state index in [1.165, 1.54) is 0 Å². The first-order valence-electron chi connectivity index (χ1n) is 4.18. The summed E-state index contributed by atoms with van der Waals surface area (Å²) in [6, 6.07) is 1.60. The maximum absolute atomic E-state index is 9.17. The molecule has 0 aromatic carbocycles. The minimum absolute atomic E-state index is 0.130. The van der Waals surface area contributed by atoms with Gasteiger partial charge in [-0.15, -0.1) is 0 Å². The van der Waals surface area contributed by atoms with Crippen LogP contribution in [0.1, 0.15) is 6.92 Å². The number of rotatable bonds is 3. The van der Waals surface area contributed by atoms with Gasteiger partial charge in [-0.05, 0) is 6.92 Å².